The Bertz CT molecular complexity index is 1130. The molecule has 1 aliphatic rings. The number of rotatable bonds is 4. The van der Waals surface area contributed by atoms with Gasteiger partial charge < -0.3 is 25.8 Å². The average molecular weight is 378 g/mol. The van der Waals surface area contributed by atoms with Crippen molar-refractivity contribution in [2.24, 2.45) is 0 Å². The van der Waals surface area contributed by atoms with E-state index in [-0.39, 0.29) is 12.0 Å². The van der Waals surface area contributed by atoms with Gasteiger partial charge in [0.25, 0.3) is 0 Å². The Balaban J connectivity index is 1.40. The summed E-state index contributed by atoms with van der Waals surface area (Å²) >= 11 is 0. The van der Waals surface area contributed by atoms with Gasteiger partial charge in [0.1, 0.15) is 5.82 Å². The molecule has 8 nitrogen and oxygen atoms in total. The van der Waals surface area contributed by atoms with Crippen LogP contribution < -0.4 is 10.6 Å². The van der Waals surface area contributed by atoms with Crippen molar-refractivity contribution in [3.63, 3.8) is 0 Å². The summed E-state index contributed by atoms with van der Waals surface area (Å²) in [5, 5.41) is 32.6. The lowest BCUT2D eigenvalue weighted by Gasteiger charge is -2.26. The van der Waals surface area contributed by atoms with E-state index in [0.29, 0.717) is 12.0 Å². The first-order chi connectivity index (χ1) is 13.7. The highest BCUT2D eigenvalue weighted by atomic mass is 16.3. The molecule has 5 N–H and O–H groups in total. The van der Waals surface area contributed by atoms with Crippen LogP contribution in [0.15, 0.2) is 42.6 Å². The molecule has 5 rings (SSSR count). The van der Waals surface area contributed by atoms with E-state index < -0.39 is 0 Å². The summed E-state index contributed by atoms with van der Waals surface area (Å²) in [6.45, 7) is 0. The van der Waals surface area contributed by atoms with Crippen LogP contribution in [0.4, 0.5) is 17.5 Å². The van der Waals surface area contributed by atoms with Gasteiger partial charge in [-0.05, 0) is 49.9 Å². The molecule has 0 spiro atoms. The highest BCUT2D eigenvalue weighted by Gasteiger charge is 2.20. The van der Waals surface area contributed by atoms with Crippen LogP contribution in [-0.2, 0) is 0 Å². The summed E-state index contributed by atoms with van der Waals surface area (Å²) in [5.41, 5.74) is 1.54. The molecule has 3 aromatic heterocycles. The van der Waals surface area contributed by atoms with Crippen molar-refractivity contribution in [1.29, 1.82) is 0 Å². The number of anilines is 3. The molecule has 0 aliphatic heterocycles. The second-order valence-corrected chi connectivity index (χ2v) is 7.33. The molecule has 3 heterocycles. The first-order valence-corrected chi connectivity index (χ1v) is 9.53. The summed E-state index contributed by atoms with van der Waals surface area (Å²) in [5.74, 6) is 1.52. The lowest BCUT2D eigenvalue weighted by molar-refractivity contribution is 0.126. The lowest BCUT2D eigenvalue weighted by atomic mass is 9.93. The summed E-state index contributed by atoms with van der Waals surface area (Å²) in [7, 11) is 0. The number of aromatic amines is 1. The lowest BCUT2D eigenvalue weighted by Crippen LogP contribution is -2.29. The number of pyridine rings is 1. The minimum Gasteiger partial charge on any atom is -0.494 e. The van der Waals surface area contributed by atoms with E-state index in [1.165, 1.54) is 0 Å². The number of nitrogens with one attached hydrogen (secondary N) is 3. The smallest absolute Gasteiger partial charge is 0.247 e. The first-order valence-electron chi connectivity index (χ1n) is 9.53. The van der Waals surface area contributed by atoms with Crippen molar-refractivity contribution in [2.75, 3.05) is 10.6 Å². The first kappa shape index (κ1) is 16.9. The Kier molecular flexibility index (Phi) is 4.05. The summed E-state index contributed by atoms with van der Waals surface area (Å²) in [6, 6.07) is 11.9. The predicted octanol–water partition coefficient (Wildman–Crippen LogP) is 3.38. The Hall–Kier alpha value is -3.26. The number of hydrogen-bond acceptors (Lipinski definition) is 6. The molecule has 0 amide bonds. The summed E-state index contributed by atoms with van der Waals surface area (Å²) < 4.78 is 1.79. The maximum absolute atomic E-state index is 9.88. The van der Waals surface area contributed by atoms with E-state index in [2.05, 4.69) is 25.7 Å². The third-order valence-corrected chi connectivity index (χ3v) is 5.34. The van der Waals surface area contributed by atoms with Crippen molar-refractivity contribution in [3.8, 4) is 5.88 Å². The normalized spacial score (nSPS) is 19.9. The van der Waals surface area contributed by atoms with Crippen LogP contribution in [0.1, 0.15) is 25.7 Å². The topological polar surface area (TPSA) is 110 Å². The van der Waals surface area contributed by atoms with Crippen LogP contribution in [0.5, 0.6) is 5.88 Å². The molecule has 28 heavy (non-hydrogen) atoms. The Labute approximate surface area is 161 Å². The molecule has 4 aromatic rings. The van der Waals surface area contributed by atoms with Gasteiger partial charge >= 0.3 is 0 Å². The summed E-state index contributed by atoms with van der Waals surface area (Å²) in [6.07, 6.45) is 5.13. The fraction of sp³-hybridized carbons (Fsp3) is 0.300. The van der Waals surface area contributed by atoms with Crippen LogP contribution in [0.3, 0.4) is 0 Å². The van der Waals surface area contributed by atoms with Crippen molar-refractivity contribution in [2.45, 2.75) is 37.8 Å². The highest BCUT2D eigenvalue weighted by molar-refractivity contribution is 5.90. The Morgan fingerprint density at radius 2 is 1.96 bits per heavy atom. The van der Waals surface area contributed by atoms with Crippen molar-refractivity contribution >= 4 is 33.9 Å². The molecule has 1 fully saturated rings. The van der Waals surface area contributed by atoms with E-state index in [1.54, 1.807) is 10.7 Å². The van der Waals surface area contributed by atoms with Crippen LogP contribution >= 0.6 is 0 Å². The van der Waals surface area contributed by atoms with E-state index in [9.17, 15) is 10.2 Å². The quantitative estimate of drug-likeness (QED) is 0.372. The highest BCUT2D eigenvalue weighted by Crippen LogP contribution is 2.28. The number of aromatic hydroxyl groups is 1. The average Bonchev–Trinajstić information content (AvgIpc) is 3.28. The predicted molar refractivity (Wildman–Crippen MR) is 108 cm³/mol. The van der Waals surface area contributed by atoms with E-state index in [1.807, 2.05) is 36.4 Å². The molecular formula is C20H22N6O2. The van der Waals surface area contributed by atoms with Gasteiger partial charge in [-0.15, -0.1) is 5.10 Å². The van der Waals surface area contributed by atoms with Gasteiger partial charge in [-0.3, -0.25) is 0 Å². The molecular weight excluding hydrogens is 356 g/mol. The van der Waals surface area contributed by atoms with Gasteiger partial charge in [0.2, 0.25) is 5.95 Å². The van der Waals surface area contributed by atoms with Gasteiger partial charge in [0.15, 0.2) is 11.5 Å². The molecule has 144 valence electrons. The summed E-state index contributed by atoms with van der Waals surface area (Å²) in [4.78, 5) is 7.36. The molecule has 0 unspecified atom stereocenters. The molecule has 0 bridgehead atoms. The van der Waals surface area contributed by atoms with E-state index >= 15 is 0 Å². The third kappa shape index (κ3) is 3.11. The number of nitrogens with zero attached hydrogens (tertiary/aromatic N) is 3. The number of fused-ring (bicyclic) bond motifs is 2. The van der Waals surface area contributed by atoms with Crippen molar-refractivity contribution in [1.82, 2.24) is 19.6 Å². The van der Waals surface area contributed by atoms with E-state index in [4.69, 9.17) is 0 Å². The van der Waals surface area contributed by atoms with Gasteiger partial charge in [-0.25, -0.2) is 0 Å². The number of benzene rings is 1. The number of H-pyrrole nitrogens is 1. The van der Waals surface area contributed by atoms with Gasteiger partial charge in [0, 0.05) is 28.7 Å². The Morgan fingerprint density at radius 3 is 2.82 bits per heavy atom. The number of aliphatic hydroxyl groups excluding tert-OH is 1. The SMILES string of the molecule is Oc1[nH]cc2ccc(Nc3nc4cccc(NC5CCC(O)CC5)n4n3)cc12. The van der Waals surface area contributed by atoms with Gasteiger partial charge in [0.05, 0.1) is 6.10 Å². The van der Waals surface area contributed by atoms with Gasteiger partial charge in [-0.2, -0.15) is 9.50 Å². The fourth-order valence-corrected chi connectivity index (χ4v) is 3.81. The molecule has 1 saturated carbocycles. The fourth-order valence-electron chi connectivity index (χ4n) is 3.81. The van der Waals surface area contributed by atoms with Crippen LogP contribution in [0.25, 0.3) is 16.4 Å². The standard InChI is InChI=1S/C20H22N6O2/c27-15-8-6-13(7-9-15)22-17-2-1-3-18-24-20(25-26(17)18)23-14-5-4-12-11-21-19(28)16(12)10-14/h1-5,10-11,13,15,21-22,27-28H,6-9H2,(H,23,25). The molecule has 1 aromatic carbocycles. The monoisotopic (exact) mass is 378 g/mol. The Morgan fingerprint density at radius 1 is 1.11 bits per heavy atom. The van der Waals surface area contributed by atoms with Crippen LogP contribution in [-0.4, -0.2) is 41.9 Å². The zero-order chi connectivity index (χ0) is 19.1. The van der Waals surface area contributed by atoms with Crippen molar-refractivity contribution < 1.29 is 10.2 Å². The second kappa shape index (κ2) is 6.72. The largest absolute Gasteiger partial charge is 0.494 e. The number of aromatic nitrogens is 4. The molecule has 8 heteroatoms. The van der Waals surface area contributed by atoms with Crippen LogP contribution in [0.2, 0.25) is 0 Å². The number of aliphatic hydroxyl groups is 1. The minimum atomic E-state index is -0.173. The molecule has 0 saturated heterocycles. The maximum atomic E-state index is 9.88. The van der Waals surface area contributed by atoms with E-state index in [0.717, 1.165) is 53.6 Å². The van der Waals surface area contributed by atoms with Crippen molar-refractivity contribution in [3.05, 3.63) is 42.6 Å². The molecule has 1 aliphatic carbocycles. The molecule has 0 atom stereocenters. The molecule has 0 radical (unpaired) electrons. The maximum Gasteiger partial charge on any atom is 0.247 e. The third-order valence-electron chi connectivity index (χ3n) is 5.34. The zero-order valence-corrected chi connectivity index (χ0v) is 15.3. The van der Waals surface area contributed by atoms with Crippen LogP contribution in [0, 0.1) is 0 Å². The van der Waals surface area contributed by atoms with Gasteiger partial charge in [-0.1, -0.05) is 12.1 Å². The zero-order valence-electron chi connectivity index (χ0n) is 15.3. The number of hydrogen-bond donors (Lipinski definition) is 5. The second-order valence-electron chi connectivity index (χ2n) is 7.33. The minimum absolute atomic E-state index is 0.144.